The predicted octanol–water partition coefficient (Wildman–Crippen LogP) is 7.99. The van der Waals surface area contributed by atoms with Gasteiger partial charge in [-0.25, -0.2) is 0 Å². The zero-order valence-corrected chi connectivity index (χ0v) is 31.1. The zero-order valence-electron chi connectivity index (χ0n) is 28.2. The summed E-state index contributed by atoms with van der Waals surface area (Å²) >= 11 is 3.17. The molecule has 3 amide bonds. The molecule has 0 aliphatic carbocycles. The van der Waals surface area contributed by atoms with E-state index in [-0.39, 0.29) is 35.2 Å². The summed E-state index contributed by atoms with van der Waals surface area (Å²) in [6, 6.07) is 30.0. The zero-order chi connectivity index (χ0) is 36.5. The quantitative estimate of drug-likeness (QED) is 0.0669. The van der Waals surface area contributed by atoms with E-state index >= 15 is 0 Å². The van der Waals surface area contributed by atoms with E-state index in [1.54, 1.807) is 43.4 Å². The van der Waals surface area contributed by atoms with Gasteiger partial charge in [-0.05, 0) is 88.2 Å². The molecule has 2 aliphatic heterocycles. The number of benzene rings is 4. The van der Waals surface area contributed by atoms with Crippen LogP contribution in [0, 0.1) is 3.57 Å². The van der Waals surface area contributed by atoms with Crippen molar-refractivity contribution in [3.8, 4) is 17.2 Å². The third-order valence-corrected chi connectivity index (χ3v) is 9.79. The molecule has 52 heavy (non-hydrogen) atoms. The van der Waals surface area contributed by atoms with Gasteiger partial charge in [0.15, 0.2) is 16.7 Å². The standard InChI is InChI=1S/C41H34IN3O6S/c1-3-5-16-31(4-2)45-40(48)32(21-27-17-19-34(33(42)22-27)49-24-28-18-20-35-36(23-28)51-26-50-35)39(47)44-41(45)52-25-37(46)43-38(29-12-8-6-9-13-29)30-14-10-7-11-15-30/h3-23,38H,1,24-26H2,2H3,(H,43,46)/b16-5-,31-4+,32-21+. The molecule has 0 atom stereocenters. The van der Waals surface area contributed by atoms with Gasteiger partial charge >= 0.3 is 0 Å². The second kappa shape index (κ2) is 17.2. The van der Waals surface area contributed by atoms with Crippen LogP contribution in [-0.4, -0.2) is 40.3 Å². The van der Waals surface area contributed by atoms with Gasteiger partial charge in [-0.2, -0.15) is 4.99 Å². The number of amides is 3. The minimum Gasteiger partial charge on any atom is -0.488 e. The molecule has 2 heterocycles. The molecule has 4 aromatic carbocycles. The van der Waals surface area contributed by atoms with Gasteiger partial charge in [0.05, 0.1) is 15.4 Å². The van der Waals surface area contributed by atoms with E-state index < -0.39 is 11.8 Å². The van der Waals surface area contributed by atoms with E-state index in [9.17, 15) is 14.4 Å². The van der Waals surface area contributed by atoms with Crippen molar-refractivity contribution in [1.29, 1.82) is 0 Å². The van der Waals surface area contributed by atoms with Gasteiger partial charge in [0.1, 0.15) is 17.9 Å². The summed E-state index contributed by atoms with van der Waals surface area (Å²) in [5.41, 5.74) is 3.76. The van der Waals surface area contributed by atoms with Gasteiger partial charge in [0.25, 0.3) is 11.8 Å². The number of carbonyl (C=O) groups is 3. The Morgan fingerprint density at radius 3 is 2.38 bits per heavy atom. The number of nitrogens with one attached hydrogen (secondary N) is 1. The highest BCUT2D eigenvalue weighted by Gasteiger charge is 2.35. The number of allylic oxidation sites excluding steroid dienone is 4. The highest BCUT2D eigenvalue weighted by Crippen LogP contribution is 2.34. The second-order valence-electron chi connectivity index (χ2n) is 11.5. The molecule has 2 aliphatic rings. The largest absolute Gasteiger partial charge is 0.488 e. The summed E-state index contributed by atoms with van der Waals surface area (Å²) in [4.78, 5) is 46.6. The number of rotatable bonds is 12. The molecule has 0 saturated carbocycles. The average molecular weight is 824 g/mol. The lowest BCUT2D eigenvalue weighted by molar-refractivity contribution is -0.126. The molecule has 0 radical (unpaired) electrons. The van der Waals surface area contributed by atoms with Crippen molar-refractivity contribution in [2.75, 3.05) is 12.5 Å². The van der Waals surface area contributed by atoms with Gasteiger partial charge in [0, 0.05) is 5.70 Å². The van der Waals surface area contributed by atoms with E-state index in [1.165, 1.54) is 11.0 Å². The fourth-order valence-corrected chi connectivity index (χ4v) is 6.98. The number of ether oxygens (including phenoxy) is 3. The van der Waals surface area contributed by atoms with Crippen molar-refractivity contribution in [1.82, 2.24) is 10.2 Å². The molecule has 9 nitrogen and oxygen atoms in total. The summed E-state index contributed by atoms with van der Waals surface area (Å²) in [7, 11) is 0. The lowest BCUT2D eigenvalue weighted by atomic mass is 9.99. The van der Waals surface area contributed by atoms with Crippen LogP contribution in [0.4, 0.5) is 0 Å². The fourth-order valence-electron chi connectivity index (χ4n) is 5.48. The first-order valence-electron chi connectivity index (χ1n) is 16.3. The van der Waals surface area contributed by atoms with Crippen LogP contribution >= 0.6 is 34.4 Å². The third kappa shape index (κ3) is 8.72. The highest BCUT2D eigenvalue weighted by molar-refractivity contribution is 14.1. The van der Waals surface area contributed by atoms with Gasteiger partial charge < -0.3 is 19.5 Å². The first-order chi connectivity index (χ1) is 25.3. The van der Waals surface area contributed by atoms with Crippen molar-refractivity contribution >= 4 is 63.3 Å². The Balaban J connectivity index is 1.20. The Hall–Kier alpha value is -5.40. The monoisotopic (exact) mass is 823 g/mol. The fraction of sp³-hybridized carbons (Fsp3) is 0.122. The van der Waals surface area contributed by atoms with Crippen LogP contribution in [0.25, 0.3) is 6.08 Å². The number of hydrogen-bond acceptors (Lipinski definition) is 7. The van der Waals surface area contributed by atoms with E-state index in [0.717, 1.165) is 32.0 Å². The van der Waals surface area contributed by atoms with Crippen molar-refractivity contribution in [3.05, 3.63) is 165 Å². The van der Waals surface area contributed by atoms with Crippen molar-refractivity contribution in [2.24, 2.45) is 4.99 Å². The van der Waals surface area contributed by atoms with E-state index in [0.29, 0.717) is 35.1 Å². The van der Waals surface area contributed by atoms with E-state index in [4.69, 9.17) is 14.2 Å². The smallest absolute Gasteiger partial charge is 0.285 e. The van der Waals surface area contributed by atoms with Crippen LogP contribution in [0.15, 0.2) is 144 Å². The molecule has 11 heteroatoms. The molecule has 0 bridgehead atoms. The molecule has 0 unspecified atom stereocenters. The molecule has 4 aromatic rings. The predicted molar refractivity (Wildman–Crippen MR) is 212 cm³/mol. The molecule has 262 valence electrons. The molecule has 0 fully saturated rings. The Morgan fingerprint density at radius 2 is 1.71 bits per heavy atom. The minimum absolute atomic E-state index is 0.0841. The topological polar surface area (TPSA) is 107 Å². The normalized spacial score (nSPS) is 15.0. The maximum absolute atomic E-state index is 14.1. The molecule has 0 aromatic heterocycles. The van der Waals surface area contributed by atoms with Gasteiger partial charge in [-0.1, -0.05) is 109 Å². The van der Waals surface area contributed by atoms with Crippen LogP contribution in [0.1, 0.15) is 35.2 Å². The summed E-state index contributed by atoms with van der Waals surface area (Å²) in [5, 5.41) is 3.20. The van der Waals surface area contributed by atoms with Crippen LogP contribution in [0.2, 0.25) is 0 Å². The lowest BCUT2D eigenvalue weighted by Gasteiger charge is -2.28. The number of hydrogen-bond donors (Lipinski definition) is 1. The maximum atomic E-state index is 14.1. The Morgan fingerprint density at radius 1 is 1.00 bits per heavy atom. The van der Waals surface area contributed by atoms with Crippen molar-refractivity contribution in [2.45, 2.75) is 19.6 Å². The molecular weight excluding hydrogens is 789 g/mol. The molecule has 1 N–H and O–H groups in total. The lowest BCUT2D eigenvalue weighted by Crippen LogP contribution is -2.42. The summed E-state index contributed by atoms with van der Waals surface area (Å²) in [6.07, 6.45) is 8.23. The highest BCUT2D eigenvalue weighted by atomic mass is 127. The van der Waals surface area contributed by atoms with Crippen LogP contribution in [0.5, 0.6) is 17.2 Å². The molecule has 6 rings (SSSR count). The van der Waals surface area contributed by atoms with E-state index in [2.05, 4.69) is 39.5 Å². The van der Waals surface area contributed by atoms with Gasteiger partial charge in [-0.15, -0.1) is 0 Å². The summed E-state index contributed by atoms with van der Waals surface area (Å²) in [6.45, 7) is 6.03. The second-order valence-corrected chi connectivity index (χ2v) is 13.6. The third-order valence-electron chi connectivity index (χ3n) is 8.01. The Labute approximate surface area is 319 Å². The molecular formula is C41H34IN3O6S. The van der Waals surface area contributed by atoms with Crippen molar-refractivity contribution < 1.29 is 28.6 Å². The summed E-state index contributed by atoms with van der Waals surface area (Å²) in [5.74, 6) is 0.402. The summed E-state index contributed by atoms with van der Waals surface area (Å²) < 4.78 is 17.7. The van der Waals surface area contributed by atoms with Crippen LogP contribution < -0.4 is 19.5 Å². The molecule has 0 saturated heterocycles. The number of thioether (sulfide) groups is 1. The maximum Gasteiger partial charge on any atom is 0.285 e. The Bertz CT molecular complexity index is 2070. The number of nitrogens with zero attached hydrogens (tertiary/aromatic N) is 2. The number of aliphatic imine (C=N–C) groups is 1. The average Bonchev–Trinajstić information content (AvgIpc) is 3.64. The first kappa shape index (κ1) is 36.4. The minimum atomic E-state index is -0.697. The number of fused-ring (bicyclic) bond motifs is 1. The number of halogens is 1. The first-order valence-corrected chi connectivity index (χ1v) is 18.4. The SMILES string of the molecule is C=C/C=C\C(=C/C)N1C(=O)/C(=C/c2ccc(OCc3ccc4c(c3)OCO4)c(I)c2)C(=O)N=C1SCC(=O)NC(c1ccccc1)c1ccccc1. The number of carbonyl (C=O) groups excluding carboxylic acids is 3. The van der Waals surface area contributed by atoms with E-state index in [1.807, 2.05) is 84.9 Å². The molecule has 0 spiro atoms. The van der Waals surface area contributed by atoms with Gasteiger partial charge in [-0.3, -0.25) is 19.3 Å². The number of amidine groups is 1. The van der Waals surface area contributed by atoms with Crippen molar-refractivity contribution in [3.63, 3.8) is 0 Å². The van der Waals surface area contributed by atoms with Gasteiger partial charge in [0.2, 0.25) is 12.7 Å². The Kier molecular flexibility index (Phi) is 12.0. The van der Waals surface area contributed by atoms with Crippen LogP contribution in [-0.2, 0) is 21.0 Å². The van der Waals surface area contributed by atoms with Crippen LogP contribution in [0.3, 0.4) is 0 Å².